The minimum absolute atomic E-state index is 0.220. The molecule has 1 N–H and O–H groups in total. The van der Waals surface area contributed by atoms with E-state index in [0.717, 1.165) is 25.7 Å². The second kappa shape index (κ2) is 3.00. The minimum atomic E-state index is -0.518. The van der Waals surface area contributed by atoms with Crippen molar-refractivity contribution in [2.45, 2.75) is 44.1 Å². The zero-order chi connectivity index (χ0) is 11.6. The van der Waals surface area contributed by atoms with E-state index in [2.05, 4.69) is 0 Å². The Hall–Kier alpha value is -0.570. The fourth-order valence-electron chi connectivity index (χ4n) is 4.94. The first-order valence-corrected chi connectivity index (χ1v) is 6.37. The van der Waals surface area contributed by atoms with Crippen LogP contribution in [0.2, 0.25) is 0 Å². The van der Waals surface area contributed by atoms with E-state index >= 15 is 0 Å². The molecule has 0 heterocycles. The van der Waals surface area contributed by atoms with Crippen molar-refractivity contribution in [2.75, 3.05) is 14.1 Å². The first kappa shape index (κ1) is 10.6. The van der Waals surface area contributed by atoms with Gasteiger partial charge in [0.25, 0.3) is 0 Å². The Morgan fingerprint density at radius 3 is 2.19 bits per heavy atom. The molecule has 1 amide bonds. The maximum atomic E-state index is 12.4. The van der Waals surface area contributed by atoms with Crippen LogP contribution < -0.4 is 0 Å². The van der Waals surface area contributed by atoms with Gasteiger partial charge < -0.3 is 10.0 Å². The van der Waals surface area contributed by atoms with Crippen molar-refractivity contribution in [3.05, 3.63) is 0 Å². The molecule has 16 heavy (non-hydrogen) atoms. The molecule has 4 fully saturated rings. The maximum absolute atomic E-state index is 12.4. The molecule has 0 aliphatic heterocycles. The van der Waals surface area contributed by atoms with Crippen molar-refractivity contribution in [1.29, 1.82) is 0 Å². The Bertz CT molecular complexity index is 323. The number of aliphatic hydroxyl groups is 1. The van der Waals surface area contributed by atoms with E-state index in [1.165, 1.54) is 6.42 Å². The number of hydrogen-bond donors (Lipinski definition) is 1. The van der Waals surface area contributed by atoms with Crippen molar-refractivity contribution < 1.29 is 9.90 Å². The highest BCUT2D eigenvalue weighted by molar-refractivity contribution is 5.83. The van der Waals surface area contributed by atoms with Crippen molar-refractivity contribution in [3.8, 4) is 0 Å². The lowest BCUT2D eigenvalue weighted by molar-refractivity contribution is -0.184. The molecule has 4 saturated carbocycles. The van der Waals surface area contributed by atoms with Crippen molar-refractivity contribution in [2.24, 2.45) is 17.3 Å². The van der Waals surface area contributed by atoms with Gasteiger partial charge in [-0.15, -0.1) is 0 Å². The standard InChI is InChI=1S/C13H21NO2/c1-14(2)11(15)12-4-9-3-10(5-12)7-13(16,6-9)8-12/h9-10,16H,3-8H2,1-2H3. The summed E-state index contributed by atoms with van der Waals surface area (Å²) >= 11 is 0. The second-order valence-corrected chi connectivity index (χ2v) is 6.67. The molecule has 0 aromatic rings. The molecule has 4 aliphatic carbocycles. The third-order valence-corrected chi connectivity index (χ3v) is 4.89. The predicted octanol–water partition coefficient (Wildman–Crippen LogP) is 1.41. The summed E-state index contributed by atoms with van der Waals surface area (Å²) in [4.78, 5) is 14.1. The Morgan fingerprint density at radius 2 is 1.75 bits per heavy atom. The largest absolute Gasteiger partial charge is 0.390 e. The molecule has 3 nitrogen and oxygen atoms in total. The molecule has 0 radical (unpaired) electrons. The van der Waals surface area contributed by atoms with E-state index in [-0.39, 0.29) is 11.3 Å². The molecular formula is C13H21NO2. The second-order valence-electron chi connectivity index (χ2n) is 6.67. The van der Waals surface area contributed by atoms with Gasteiger partial charge in [0.1, 0.15) is 0 Å². The average molecular weight is 223 g/mol. The molecule has 2 atom stereocenters. The molecule has 0 aromatic heterocycles. The summed E-state index contributed by atoms with van der Waals surface area (Å²) in [5, 5.41) is 10.5. The Morgan fingerprint density at radius 1 is 1.19 bits per heavy atom. The van der Waals surface area contributed by atoms with E-state index in [1.54, 1.807) is 4.90 Å². The van der Waals surface area contributed by atoms with Crippen LogP contribution in [0.5, 0.6) is 0 Å². The molecule has 2 unspecified atom stereocenters. The maximum Gasteiger partial charge on any atom is 0.228 e. The highest BCUT2D eigenvalue weighted by Gasteiger charge is 2.60. The van der Waals surface area contributed by atoms with E-state index in [9.17, 15) is 9.90 Å². The van der Waals surface area contributed by atoms with Gasteiger partial charge in [-0.2, -0.15) is 0 Å². The zero-order valence-electron chi connectivity index (χ0n) is 10.2. The van der Waals surface area contributed by atoms with E-state index in [0.29, 0.717) is 18.3 Å². The molecule has 4 rings (SSSR count). The first-order chi connectivity index (χ1) is 7.42. The molecule has 0 saturated heterocycles. The molecule has 0 spiro atoms. The fraction of sp³-hybridized carbons (Fsp3) is 0.923. The third kappa shape index (κ3) is 1.33. The first-order valence-electron chi connectivity index (χ1n) is 6.37. The van der Waals surface area contributed by atoms with Crippen LogP contribution >= 0.6 is 0 Å². The van der Waals surface area contributed by atoms with Crippen LogP contribution in [0.15, 0.2) is 0 Å². The van der Waals surface area contributed by atoms with E-state index in [1.807, 2.05) is 14.1 Å². The number of carbonyl (C=O) groups excluding carboxylic acids is 1. The minimum Gasteiger partial charge on any atom is -0.390 e. The Kier molecular flexibility index (Phi) is 1.99. The number of carbonyl (C=O) groups is 1. The van der Waals surface area contributed by atoms with Crippen LogP contribution in [0.4, 0.5) is 0 Å². The lowest BCUT2D eigenvalue weighted by Gasteiger charge is -2.59. The van der Waals surface area contributed by atoms with Crippen molar-refractivity contribution in [1.82, 2.24) is 4.90 Å². The zero-order valence-corrected chi connectivity index (χ0v) is 10.2. The van der Waals surface area contributed by atoms with E-state index in [4.69, 9.17) is 0 Å². The Balaban J connectivity index is 1.95. The topological polar surface area (TPSA) is 40.5 Å². The van der Waals surface area contributed by atoms with Crippen molar-refractivity contribution >= 4 is 5.91 Å². The van der Waals surface area contributed by atoms with Crippen LogP contribution in [-0.4, -0.2) is 35.6 Å². The van der Waals surface area contributed by atoms with Gasteiger partial charge in [0.05, 0.1) is 11.0 Å². The summed E-state index contributed by atoms with van der Waals surface area (Å²) in [6, 6.07) is 0. The predicted molar refractivity (Wildman–Crippen MR) is 60.8 cm³/mol. The number of amides is 1. The van der Waals surface area contributed by atoms with Crippen LogP contribution in [0.3, 0.4) is 0 Å². The van der Waals surface area contributed by atoms with Crippen LogP contribution in [0.25, 0.3) is 0 Å². The molecule has 90 valence electrons. The quantitative estimate of drug-likeness (QED) is 0.730. The lowest BCUT2D eigenvalue weighted by atomic mass is 9.47. The average Bonchev–Trinajstić information content (AvgIpc) is 2.12. The van der Waals surface area contributed by atoms with Gasteiger partial charge in [-0.1, -0.05) is 0 Å². The third-order valence-electron chi connectivity index (χ3n) is 4.89. The van der Waals surface area contributed by atoms with Crippen LogP contribution in [0, 0.1) is 17.3 Å². The lowest BCUT2D eigenvalue weighted by Crippen LogP contribution is -2.60. The van der Waals surface area contributed by atoms with Gasteiger partial charge in [-0.3, -0.25) is 4.79 Å². The smallest absolute Gasteiger partial charge is 0.228 e. The number of rotatable bonds is 1. The van der Waals surface area contributed by atoms with Crippen molar-refractivity contribution in [3.63, 3.8) is 0 Å². The molecule has 3 heteroatoms. The number of nitrogens with zero attached hydrogens (tertiary/aromatic N) is 1. The summed E-state index contributed by atoms with van der Waals surface area (Å²) in [7, 11) is 3.68. The summed E-state index contributed by atoms with van der Waals surface area (Å²) in [5.41, 5.74) is -0.738. The van der Waals surface area contributed by atoms with Gasteiger partial charge >= 0.3 is 0 Å². The van der Waals surface area contributed by atoms with Crippen LogP contribution in [0.1, 0.15) is 38.5 Å². The highest BCUT2D eigenvalue weighted by atomic mass is 16.3. The summed E-state index contributed by atoms with van der Waals surface area (Å²) in [6.07, 6.45) is 5.86. The van der Waals surface area contributed by atoms with Gasteiger partial charge in [0.15, 0.2) is 0 Å². The monoisotopic (exact) mass is 223 g/mol. The highest BCUT2D eigenvalue weighted by Crippen LogP contribution is 2.61. The van der Waals surface area contributed by atoms with Gasteiger partial charge in [0, 0.05) is 14.1 Å². The van der Waals surface area contributed by atoms with Gasteiger partial charge in [0.2, 0.25) is 5.91 Å². The molecule has 4 bridgehead atoms. The SMILES string of the molecule is CN(C)C(=O)C12CC3CC(CC(O)(C3)C1)C2. The van der Waals surface area contributed by atoms with Gasteiger partial charge in [-0.25, -0.2) is 0 Å². The summed E-state index contributed by atoms with van der Waals surface area (Å²) in [5.74, 6) is 1.44. The summed E-state index contributed by atoms with van der Waals surface area (Å²) < 4.78 is 0. The van der Waals surface area contributed by atoms with Crippen LogP contribution in [-0.2, 0) is 4.79 Å². The fourth-order valence-corrected chi connectivity index (χ4v) is 4.94. The molecular weight excluding hydrogens is 202 g/mol. The summed E-state index contributed by atoms with van der Waals surface area (Å²) in [6.45, 7) is 0. The molecule has 0 aromatic carbocycles. The Labute approximate surface area is 96.8 Å². The van der Waals surface area contributed by atoms with E-state index < -0.39 is 5.60 Å². The molecule has 4 aliphatic rings. The number of hydrogen-bond acceptors (Lipinski definition) is 2. The van der Waals surface area contributed by atoms with Gasteiger partial charge in [-0.05, 0) is 50.4 Å². The normalized spacial score (nSPS) is 49.4.